The molecule has 32 heavy (non-hydrogen) atoms. The molecule has 9 nitrogen and oxygen atoms in total. The van der Waals surface area contributed by atoms with Gasteiger partial charge in [-0.25, -0.2) is 22.3 Å². The van der Waals surface area contributed by atoms with Gasteiger partial charge in [0.25, 0.3) is 0 Å². The molecule has 2 aliphatic rings. The molecule has 4 rings (SSSR count). The predicted octanol–water partition coefficient (Wildman–Crippen LogP) is 1.97. The van der Waals surface area contributed by atoms with Gasteiger partial charge in [-0.05, 0) is 42.5 Å². The van der Waals surface area contributed by atoms with Crippen molar-refractivity contribution in [2.24, 2.45) is 0 Å². The van der Waals surface area contributed by atoms with Crippen LogP contribution in [0.4, 0.5) is 20.6 Å². The predicted molar refractivity (Wildman–Crippen MR) is 115 cm³/mol. The number of carbonyl (C=O) groups excluding carboxylic acids is 1. The van der Waals surface area contributed by atoms with E-state index in [0.29, 0.717) is 43.4 Å². The number of sulfonamides is 1. The number of nitrogens with one attached hydrogen (secondary N) is 1. The first kappa shape index (κ1) is 22.3. The summed E-state index contributed by atoms with van der Waals surface area (Å²) in [5, 5.41) is 0. The summed E-state index contributed by atoms with van der Waals surface area (Å²) in [5.74, 6) is 0.0945. The molecular formula is C21H24FN3O6S. The number of cyclic esters (lactones) is 1. The molecule has 1 unspecified atom stereocenters. The zero-order chi connectivity index (χ0) is 22.7. The van der Waals surface area contributed by atoms with Crippen molar-refractivity contribution in [3.63, 3.8) is 0 Å². The molecule has 0 spiro atoms. The number of nitrogens with zero attached hydrogens (tertiary/aromatic N) is 2. The van der Waals surface area contributed by atoms with Crippen LogP contribution in [-0.2, 0) is 19.5 Å². The molecule has 2 heterocycles. The number of benzene rings is 2. The van der Waals surface area contributed by atoms with E-state index >= 15 is 0 Å². The number of rotatable bonds is 7. The van der Waals surface area contributed by atoms with Crippen LogP contribution in [0.2, 0.25) is 0 Å². The van der Waals surface area contributed by atoms with Crippen LogP contribution in [0.1, 0.15) is 0 Å². The number of hydrogen-bond acceptors (Lipinski definition) is 7. The molecule has 1 atom stereocenters. The van der Waals surface area contributed by atoms with Crippen LogP contribution in [0.5, 0.6) is 5.75 Å². The topological polar surface area (TPSA) is 97.4 Å². The highest BCUT2D eigenvalue weighted by Gasteiger charge is 2.33. The molecule has 2 fully saturated rings. The lowest BCUT2D eigenvalue weighted by atomic mass is 10.2. The minimum Gasteiger partial charge on any atom is -0.497 e. The highest BCUT2D eigenvalue weighted by molar-refractivity contribution is 7.89. The molecular weight excluding hydrogens is 441 g/mol. The molecule has 11 heteroatoms. The average Bonchev–Trinajstić information content (AvgIpc) is 3.19. The van der Waals surface area contributed by atoms with Crippen molar-refractivity contribution in [3.8, 4) is 5.75 Å². The molecule has 2 aliphatic heterocycles. The van der Waals surface area contributed by atoms with E-state index in [1.807, 2.05) is 4.90 Å². The van der Waals surface area contributed by atoms with Crippen molar-refractivity contribution in [2.45, 2.75) is 11.0 Å². The van der Waals surface area contributed by atoms with Crippen molar-refractivity contribution in [1.29, 1.82) is 0 Å². The Balaban J connectivity index is 1.39. The molecule has 0 bridgehead atoms. The maximum atomic E-state index is 14.7. The molecule has 2 aromatic carbocycles. The Morgan fingerprint density at radius 3 is 2.53 bits per heavy atom. The Morgan fingerprint density at radius 1 is 1.16 bits per heavy atom. The largest absolute Gasteiger partial charge is 0.497 e. The van der Waals surface area contributed by atoms with Gasteiger partial charge >= 0.3 is 6.09 Å². The van der Waals surface area contributed by atoms with Crippen molar-refractivity contribution < 1.29 is 31.8 Å². The standard InChI is InChI=1S/C21H24FN3O6S/c1-29-16-3-5-18(6-4-16)32(27,28)23-13-17-14-25(21(26)31-17)15-2-7-20(19(22)12-15)24-8-10-30-11-9-24/h2-7,12,17,23H,8-11,13-14H2,1H3. The van der Waals surface area contributed by atoms with Crippen LogP contribution < -0.4 is 19.3 Å². The third kappa shape index (κ3) is 4.79. The SMILES string of the molecule is COc1ccc(S(=O)(=O)NCC2CN(c3ccc(N4CCOCC4)c(F)c3)C(=O)O2)cc1. The minimum absolute atomic E-state index is 0.0697. The number of amides is 1. The average molecular weight is 466 g/mol. The summed E-state index contributed by atoms with van der Waals surface area (Å²) in [6.45, 7) is 2.25. The number of carbonyl (C=O) groups is 1. The summed E-state index contributed by atoms with van der Waals surface area (Å²) in [5.41, 5.74) is 0.804. The summed E-state index contributed by atoms with van der Waals surface area (Å²) < 4.78 is 57.7. The third-order valence-electron chi connectivity index (χ3n) is 5.34. The smallest absolute Gasteiger partial charge is 0.414 e. The molecule has 2 saturated heterocycles. The number of ether oxygens (including phenoxy) is 3. The molecule has 0 radical (unpaired) electrons. The van der Waals surface area contributed by atoms with E-state index in [9.17, 15) is 17.6 Å². The summed E-state index contributed by atoms with van der Waals surface area (Å²) in [6, 6.07) is 10.5. The maximum absolute atomic E-state index is 14.7. The van der Waals surface area contributed by atoms with Crippen molar-refractivity contribution >= 4 is 27.5 Å². The van der Waals surface area contributed by atoms with E-state index in [-0.39, 0.29) is 18.0 Å². The molecule has 0 saturated carbocycles. The summed E-state index contributed by atoms with van der Waals surface area (Å²) in [7, 11) is -2.30. The number of methoxy groups -OCH3 is 1. The number of anilines is 2. The normalized spacial score (nSPS) is 19.2. The third-order valence-corrected chi connectivity index (χ3v) is 6.78. The minimum atomic E-state index is -3.79. The van der Waals surface area contributed by atoms with Gasteiger partial charge in [-0.1, -0.05) is 0 Å². The number of hydrogen-bond donors (Lipinski definition) is 1. The van der Waals surface area contributed by atoms with E-state index < -0.39 is 28.0 Å². The highest BCUT2D eigenvalue weighted by atomic mass is 32.2. The van der Waals surface area contributed by atoms with E-state index in [4.69, 9.17) is 14.2 Å². The summed E-state index contributed by atoms with van der Waals surface area (Å²) in [4.78, 5) is 15.6. The quantitative estimate of drug-likeness (QED) is 0.668. The van der Waals surface area contributed by atoms with Gasteiger partial charge in [-0.2, -0.15) is 0 Å². The number of halogens is 1. The van der Waals surface area contributed by atoms with E-state index in [1.165, 1.54) is 30.2 Å². The molecule has 172 valence electrons. The van der Waals surface area contributed by atoms with Crippen LogP contribution in [0.25, 0.3) is 0 Å². The van der Waals surface area contributed by atoms with Gasteiger partial charge in [0.15, 0.2) is 0 Å². The Labute approximate surface area is 185 Å². The lowest BCUT2D eigenvalue weighted by Crippen LogP contribution is -2.37. The lowest BCUT2D eigenvalue weighted by molar-refractivity contribution is 0.122. The lowest BCUT2D eigenvalue weighted by Gasteiger charge is -2.29. The molecule has 2 aromatic rings. The van der Waals surface area contributed by atoms with Gasteiger partial charge in [0.2, 0.25) is 10.0 Å². The molecule has 1 N–H and O–H groups in total. The second-order valence-corrected chi connectivity index (χ2v) is 9.15. The molecule has 0 aliphatic carbocycles. The van der Waals surface area contributed by atoms with Crippen molar-refractivity contribution in [1.82, 2.24) is 4.72 Å². The zero-order valence-corrected chi connectivity index (χ0v) is 18.3. The van der Waals surface area contributed by atoms with Crippen molar-refractivity contribution in [2.75, 3.05) is 56.3 Å². The van der Waals surface area contributed by atoms with E-state index in [1.54, 1.807) is 24.3 Å². The second kappa shape index (κ2) is 9.31. The monoisotopic (exact) mass is 465 g/mol. The Morgan fingerprint density at radius 2 is 1.88 bits per heavy atom. The van der Waals surface area contributed by atoms with Gasteiger partial charge in [0.1, 0.15) is 17.7 Å². The molecule has 0 aromatic heterocycles. The Hall–Kier alpha value is -2.89. The van der Waals surface area contributed by atoms with E-state index in [2.05, 4.69) is 4.72 Å². The van der Waals surface area contributed by atoms with Crippen LogP contribution in [0.15, 0.2) is 47.4 Å². The second-order valence-electron chi connectivity index (χ2n) is 7.38. The summed E-state index contributed by atoms with van der Waals surface area (Å²) in [6.07, 6.45) is -1.37. The maximum Gasteiger partial charge on any atom is 0.414 e. The Kier molecular flexibility index (Phi) is 6.49. The fourth-order valence-electron chi connectivity index (χ4n) is 3.60. The first-order valence-corrected chi connectivity index (χ1v) is 11.6. The van der Waals surface area contributed by atoms with Crippen LogP contribution in [-0.4, -0.2) is 67.1 Å². The molecule has 1 amide bonds. The first-order valence-electron chi connectivity index (χ1n) is 10.1. The van der Waals surface area contributed by atoms with Gasteiger partial charge < -0.3 is 19.1 Å². The number of morpholine rings is 1. The zero-order valence-electron chi connectivity index (χ0n) is 17.5. The Bertz CT molecular complexity index is 1070. The van der Waals surface area contributed by atoms with Crippen LogP contribution in [0.3, 0.4) is 0 Å². The van der Waals surface area contributed by atoms with E-state index in [0.717, 1.165) is 0 Å². The van der Waals surface area contributed by atoms with Gasteiger partial charge in [0, 0.05) is 19.6 Å². The van der Waals surface area contributed by atoms with Gasteiger partial charge in [-0.15, -0.1) is 0 Å². The first-order chi connectivity index (χ1) is 15.4. The van der Waals surface area contributed by atoms with Gasteiger partial charge in [0.05, 0.1) is 43.1 Å². The highest BCUT2D eigenvalue weighted by Crippen LogP contribution is 2.28. The summed E-state index contributed by atoms with van der Waals surface area (Å²) >= 11 is 0. The van der Waals surface area contributed by atoms with Crippen LogP contribution >= 0.6 is 0 Å². The van der Waals surface area contributed by atoms with Gasteiger partial charge in [-0.3, -0.25) is 4.90 Å². The fourth-order valence-corrected chi connectivity index (χ4v) is 4.67. The van der Waals surface area contributed by atoms with Crippen molar-refractivity contribution in [3.05, 3.63) is 48.3 Å². The van der Waals surface area contributed by atoms with Crippen LogP contribution in [0, 0.1) is 5.82 Å². The fraction of sp³-hybridized carbons (Fsp3) is 0.381.